The van der Waals surface area contributed by atoms with Gasteiger partial charge >= 0.3 is 0 Å². The predicted octanol–water partition coefficient (Wildman–Crippen LogP) is 2.58. The molecule has 3 heterocycles. The summed E-state index contributed by atoms with van der Waals surface area (Å²) in [7, 11) is 0. The monoisotopic (exact) mass is 501 g/mol. The number of benzene rings is 1. The minimum absolute atomic E-state index is 0.0202. The molecule has 2 fully saturated rings. The summed E-state index contributed by atoms with van der Waals surface area (Å²) in [5.74, 6) is -1.35. The minimum Gasteiger partial charge on any atom is -0.367 e. The Morgan fingerprint density at radius 2 is 2.09 bits per heavy atom. The maximum absolute atomic E-state index is 13.6. The lowest BCUT2D eigenvalue weighted by molar-refractivity contribution is -0.134. The van der Waals surface area contributed by atoms with E-state index in [9.17, 15) is 18.8 Å². The van der Waals surface area contributed by atoms with Crippen LogP contribution in [0.4, 0.5) is 4.39 Å². The van der Waals surface area contributed by atoms with Gasteiger partial charge in [0.2, 0.25) is 10.8 Å². The molecule has 1 saturated carbocycles. The van der Waals surface area contributed by atoms with Gasteiger partial charge in [-0.25, -0.2) is 4.39 Å². The molecule has 1 aliphatic carbocycles. The summed E-state index contributed by atoms with van der Waals surface area (Å²) in [6.07, 6.45) is 3.50. The molecule has 3 N–H and O–H groups in total. The first-order valence-electron chi connectivity index (χ1n) is 11.1. The number of halogens is 1. The molecule has 178 valence electrons. The highest BCUT2D eigenvalue weighted by Gasteiger charge is 2.55. The molecule has 34 heavy (non-hydrogen) atoms. The number of hydrogen-bond donors (Lipinski definition) is 3. The van der Waals surface area contributed by atoms with Crippen LogP contribution in [0.15, 0.2) is 53.4 Å². The Morgan fingerprint density at radius 1 is 1.26 bits per heavy atom. The van der Waals surface area contributed by atoms with Crippen LogP contribution in [-0.4, -0.2) is 41.9 Å². The highest BCUT2D eigenvalue weighted by atomic mass is 32.2. The lowest BCUT2D eigenvalue weighted by atomic mass is 9.91. The average molecular weight is 502 g/mol. The summed E-state index contributed by atoms with van der Waals surface area (Å²) in [6, 6.07) is 8.56. The van der Waals surface area contributed by atoms with Crippen LogP contribution in [0.1, 0.15) is 29.7 Å². The van der Waals surface area contributed by atoms with Gasteiger partial charge in [-0.2, -0.15) is 0 Å². The number of thiophene rings is 1. The Hall–Kier alpha value is -2.69. The number of Topliss-reactive ketones (excluding diaryl/α,β-unsaturated/α-hetero) is 1. The van der Waals surface area contributed by atoms with Crippen LogP contribution in [0.5, 0.6) is 0 Å². The van der Waals surface area contributed by atoms with Gasteiger partial charge in [-0.05, 0) is 53.8 Å². The third-order valence-electron chi connectivity index (χ3n) is 6.61. The fraction of sp³-hybridized carbons (Fsp3) is 0.375. The molecule has 3 aliphatic rings. The van der Waals surface area contributed by atoms with Crippen molar-refractivity contribution in [1.29, 1.82) is 0 Å². The van der Waals surface area contributed by atoms with Crippen molar-refractivity contribution in [2.45, 2.75) is 48.2 Å². The molecular formula is C24H24FN3O4S2. The van der Waals surface area contributed by atoms with Gasteiger partial charge in [-0.1, -0.05) is 30.0 Å². The smallest absolute Gasteiger partial charge is 0.262 e. The summed E-state index contributed by atoms with van der Waals surface area (Å²) in [5.41, 5.74) is -0.359. The van der Waals surface area contributed by atoms with E-state index in [2.05, 4.69) is 16.0 Å². The summed E-state index contributed by atoms with van der Waals surface area (Å²) in [6.45, 7) is -0.0202. The first kappa shape index (κ1) is 23.1. The lowest BCUT2D eigenvalue weighted by Gasteiger charge is -2.32. The van der Waals surface area contributed by atoms with E-state index in [1.807, 2.05) is 17.5 Å². The van der Waals surface area contributed by atoms with Crippen LogP contribution in [0.3, 0.4) is 0 Å². The largest absolute Gasteiger partial charge is 0.367 e. The van der Waals surface area contributed by atoms with Gasteiger partial charge < -0.3 is 20.7 Å². The topological polar surface area (TPSA) is 96.5 Å². The number of ketones is 1. The van der Waals surface area contributed by atoms with Crippen molar-refractivity contribution < 1.29 is 23.5 Å². The molecule has 10 heteroatoms. The maximum atomic E-state index is 13.6. The van der Waals surface area contributed by atoms with Crippen molar-refractivity contribution in [2.24, 2.45) is 0 Å². The zero-order valence-corrected chi connectivity index (χ0v) is 19.8. The maximum Gasteiger partial charge on any atom is 0.262 e. The van der Waals surface area contributed by atoms with E-state index >= 15 is 0 Å². The first-order chi connectivity index (χ1) is 16.4. The van der Waals surface area contributed by atoms with E-state index in [4.69, 9.17) is 4.74 Å². The zero-order chi connectivity index (χ0) is 23.8. The van der Waals surface area contributed by atoms with E-state index in [1.165, 1.54) is 35.2 Å². The summed E-state index contributed by atoms with van der Waals surface area (Å²) < 4.78 is 19.1. The molecule has 4 atom stereocenters. The van der Waals surface area contributed by atoms with Gasteiger partial charge in [0.25, 0.3) is 5.91 Å². The van der Waals surface area contributed by atoms with Crippen LogP contribution in [0.2, 0.25) is 0 Å². The van der Waals surface area contributed by atoms with Gasteiger partial charge in [-0.3, -0.25) is 14.4 Å². The zero-order valence-electron chi connectivity index (χ0n) is 18.2. The normalized spacial score (nSPS) is 28.4. The van der Waals surface area contributed by atoms with Gasteiger partial charge in [0.05, 0.1) is 11.0 Å². The standard InChI is InChI=1S/C24H24FN3O4S2/c25-16-7-5-15(6-8-16)13-17(21(30)28-23-9-1-3-19(23)32-14-18(23)29)27-22(31)24(26-10-12-34-24)20-4-2-11-33-20/h2,4-8,10-12,17,19,26H,1,3,9,13-14H2,(H,27,31)(H,28,30). The highest BCUT2D eigenvalue weighted by molar-refractivity contribution is 8.04. The molecule has 4 unspecified atom stereocenters. The van der Waals surface area contributed by atoms with Crippen molar-refractivity contribution in [3.63, 3.8) is 0 Å². The van der Waals surface area contributed by atoms with Crippen LogP contribution in [0, 0.1) is 5.82 Å². The third-order valence-corrected chi connectivity index (χ3v) is 8.88. The molecule has 0 spiro atoms. The molecule has 1 saturated heterocycles. The number of amides is 2. The Bertz CT molecular complexity index is 1110. The second-order valence-corrected chi connectivity index (χ2v) is 10.7. The van der Waals surface area contributed by atoms with Crippen molar-refractivity contribution in [2.75, 3.05) is 6.61 Å². The van der Waals surface area contributed by atoms with Crippen LogP contribution in [-0.2, 0) is 30.4 Å². The SMILES string of the molecule is O=C(NC12CCCC1OCC2=O)C(Cc1ccc(F)cc1)NC(=O)C1(c2cccs2)NC=CS1. The third kappa shape index (κ3) is 4.03. The fourth-order valence-corrected chi connectivity index (χ4v) is 6.72. The van der Waals surface area contributed by atoms with Crippen LogP contribution in [0.25, 0.3) is 0 Å². The number of nitrogens with one attached hydrogen (secondary N) is 3. The lowest BCUT2D eigenvalue weighted by Crippen LogP contribution is -2.62. The second-order valence-electron chi connectivity index (χ2n) is 8.66. The number of rotatable bonds is 7. The number of thioether (sulfide) groups is 1. The number of ether oxygens (including phenoxy) is 1. The Labute approximate surface area is 204 Å². The number of carbonyl (C=O) groups is 3. The van der Waals surface area contributed by atoms with Gasteiger partial charge in [0.15, 0.2) is 5.78 Å². The number of carbonyl (C=O) groups excluding carboxylic acids is 3. The number of fused-ring (bicyclic) bond motifs is 1. The molecule has 1 aromatic heterocycles. The quantitative estimate of drug-likeness (QED) is 0.540. The number of hydrogen-bond acceptors (Lipinski definition) is 7. The summed E-state index contributed by atoms with van der Waals surface area (Å²) in [5, 5.41) is 12.7. The summed E-state index contributed by atoms with van der Waals surface area (Å²) in [4.78, 5) is 39.5. The average Bonchev–Trinajstić information content (AvgIpc) is 3.61. The van der Waals surface area contributed by atoms with Crippen LogP contribution >= 0.6 is 23.1 Å². The molecule has 2 aliphatic heterocycles. The van der Waals surface area contributed by atoms with E-state index in [0.717, 1.165) is 11.3 Å². The molecule has 7 nitrogen and oxygen atoms in total. The Morgan fingerprint density at radius 3 is 2.79 bits per heavy atom. The van der Waals surface area contributed by atoms with E-state index in [1.54, 1.807) is 23.7 Å². The van der Waals surface area contributed by atoms with E-state index in [-0.39, 0.29) is 36.6 Å². The van der Waals surface area contributed by atoms with E-state index < -0.39 is 22.4 Å². The van der Waals surface area contributed by atoms with Crippen molar-refractivity contribution in [1.82, 2.24) is 16.0 Å². The molecule has 2 amide bonds. The molecule has 1 aromatic carbocycles. The van der Waals surface area contributed by atoms with Crippen LogP contribution < -0.4 is 16.0 Å². The highest BCUT2D eigenvalue weighted by Crippen LogP contribution is 2.41. The molecule has 0 bridgehead atoms. The second kappa shape index (κ2) is 9.16. The minimum atomic E-state index is -1.09. The van der Waals surface area contributed by atoms with Gasteiger partial charge in [0.1, 0.15) is 24.0 Å². The molecule has 5 rings (SSSR count). The molecule has 2 aromatic rings. The molecular weight excluding hydrogens is 477 g/mol. The Balaban J connectivity index is 1.41. The van der Waals surface area contributed by atoms with E-state index in [0.29, 0.717) is 18.4 Å². The predicted molar refractivity (Wildman–Crippen MR) is 127 cm³/mol. The van der Waals surface area contributed by atoms with Crippen molar-refractivity contribution in [3.05, 3.63) is 69.6 Å². The van der Waals surface area contributed by atoms with Crippen molar-refractivity contribution in [3.8, 4) is 0 Å². The summed E-state index contributed by atoms with van der Waals surface area (Å²) >= 11 is 2.76. The van der Waals surface area contributed by atoms with Gasteiger partial charge in [-0.15, -0.1) is 11.3 Å². The van der Waals surface area contributed by atoms with Gasteiger partial charge in [0, 0.05) is 12.6 Å². The first-order valence-corrected chi connectivity index (χ1v) is 12.9. The molecule has 0 radical (unpaired) electrons. The fourth-order valence-electron chi connectivity index (χ4n) is 4.83. The van der Waals surface area contributed by atoms with Crippen molar-refractivity contribution >= 4 is 40.7 Å². The Kier molecular flexibility index (Phi) is 6.22.